The second-order valence-corrected chi connectivity index (χ2v) is 4.66. The Morgan fingerprint density at radius 2 is 1.41 bits per heavy atom. The molecule has 0 aliphatic heterocycles. The van der Waals surface area contributed by atoms with Crippen LogP contribution in [0.25, 0.3) is 0 Å². The lowest BCUT2D eigenvalue weighted by Gasteiger charge is -2.24. The molecular formula is C15H20N2O5. The summed E-state index contributed by atoms with van der Waals surface area (Å²) in [4.78, 5) is 26.9. The van der Waals surface area contributed by atoms with E-state index in [0.29, 0.717) is 23.4 Å². The third-order valence-corrected chi connectivity index (χ3v) is 3.37. The van der Waals surface area contributed by atoms with Crippen LogP contribution in [0.2, 0.25) is 0 Å². The first-order valence-electron chi connectivity index (χ1n) is 6.62. The Balaban J connectivity index is 0.000000433. The SMILES string of the molecule is CCC(CO)(CO)CO.Cc1c(N=C=O)cccc1N=C=O. The van der Waals surface area contributed by atoms with Crippen molar-refractivity contribution in [3.63, 3.8) is 0 Å². The molecule has 0 radical (unpaired) electrons. The van der Waals surface area contributed by atoms with E-state index in [4.69, 9.17) is 15.3 Å². The van der Waals surface area contributed by atoms with Gasteiger partial charge in [0.2, 0.25) is 12.2 Å². The Morgan fingerprint density at radius 3 is 1.64 bits per heavy atom. The summed E-state index contributed by atoms with van der Waals surface area (Å²) < 4.78 is 0. The number of rotatable bonds is 6. The van der Waals surface area contributed by atoms with Crippen LogP contribution in [0.1, 0.15) is 18.9 Å². The number of isocyanates is 2. The molecule has 0 amide bonds. The zero-order valence-electron chi connectivity index (χ0n) is 12.6. The third kappa shape index (κ3) is 5.69. The lowest BCUT2D eigenvalue weighted by Crippen LogP contribution is -2.32. The van der Waals surface area contributed by atoms with Crippen molar-refractivity contribution in [3.8, 4) is 0 Å². The van der Waals surface area contributed by atoms with Crippen molar-refractivity contribution in [1.29, 1.82) is 0 Å². The first kappa shape index (κ1) is 19.9. The number of hydrogen-bond acceptors (Lipinski definition) is 7. The van der Waals surface area contributed by atoms with E-state index in [9.17, 15) is 9.59 Å². The molecule has 0 aromatic heterocycles. The molecule has 0 aliphatic rings. The van der Waals surface area contributed by atoms with Gasteiger partial charge in [-0.3, -0.25) is 0 Å². The largest absolute Gasteiger partial charge is 0.396 e. The predicted octanol–water partition coefficient (Wildman–Crippen LogP) is 1.29. The molecule has 1 aromatic carbocycles. The molecule has 3 N–H and O–H groups in total. The molecule has 7 heteroatoms. The summed E-state index contributed by atoms with van der Waals surface area (Å²) in [5.74, 6) is 0. The normalized spacial score (nSPS) is 9.86. The number of benzene rings is 1. The highest BCUT2D eigenvalue weighted by Gasteiger charge is 2.24. The highest BCUT2D eigenvalue weighted by Crippen LogP contribution is 2.26. The molecule has 0 fully saturated rings. The molecule has 0 atom stereocenters. The van der Waals surface area contributed by atoms with Gasteiger partial charge in [-0.1, -0.05) is 13.0 Å². The van der Waals surface area contributed by atoms with Crippen molar-refractivity contribution < 1.29 is 24.9 Å². The van der Waals surface area contributed by atoms with Crippen LogP contribution in [-0.2, 0) is 9.59 Å². The van der Waals surface area contributed by atoms with Crippen LogP contribution in [0.5, 0.6) is 0 Å². The number of aliphatic imine (C=N–C) groups is 2. The molecule has 1 aromatic rings. The number of aliphatic hydroxyl groups excluding tert-OH is 3. The highest BCUT2D eigenvalue weighted by molar-refractivity contribution is 5.64. The molecule has 0 saturated carbocycles. The van der Waals surface area contributed by atoms with Crippen molar-refractivity contribution in [2.45, 2.75) is 20.3 Å². The first-order valence-corrected chi connectivity index (χ1v) is 6.62. The van der Waals surface area contributed by atoms with Gasteiger partial charge in [-0.15, -0.1) is 0 Å². The molecule has 0 unspecified atom stereocenters. The Hall–Kier alpha value is -2.14. The van der Waals surface area contributed by atoms with Crippen molar-refractivity contribution in [1.82, 2.24) is 0 Å². The van der Waals surface area contributed by atoms with E-state index < -0.39 is 5.41 Å². The lowest BCUT2D eigenvalue weighted by molar-refractivity contribution is 0.00304. The van der Waals surface area contributed by atoms with Gasteiger partial charge in [0, 0.05) is 11.0 Å². The number of nitrogens with zero attached hydrogens (tertiary/aromatic N) is 2. The molecule has 22 heavy (non-hydrogen) atoms. The standard InChI is InChI=1S/C9H6N2O2.C6H14O3/c1-7-8(10-5-12)3-2-4-9(7)11-6-13;1-2-6(3-7,4-8)5-9/h2-4H,1H3;7-9H,2-5H2,1H3. The molecule has 7 nitrogen and oxygen atoms in total. The van der Waals surface area contributed by atoms with Crippen LogP contribution in [0.3, 0.4) is 0 Å². The minimum atomic E-state index is -0.667. The van der Waals surface area contributed by atoms with E-state index in [-0.39, 0.29) is 19.8 Å². The molecule has 0 bridgehead atoms. The van der Waals surface area contributed by atoms with Gasteiger partial charge in [-0.2, -0.15) is 9.98 Å². The first-order chi connectivity index (χ1) is 10.5. The van der Waals surface area contributed by atoms with E-state index in [1.807, 2.05) is 6.92 Å². The topological polar surface area (TPSA) is 120 Å². The van der Waals surface area contributed by atoms with Gasteiger partial charge in [0.25, 0.3) is 0 Å². The molecule has 0 heterocycles. The molecular weight excluding hydrogens is 288 g/mol. The Labute approximate surface area is 128 Å². The summed E-state index contributed by atoms with van der Waals surface area (Å²) in [7, 11) is 0. The van der Waals surface area contributed by atoms with E-state index >= 15 is 0 Å². The molecule has 1 rings (SSSR count). The fraction of sp³-hybridized carbons (Fsp3) is 0.467. The van der Waals surface area contributed by atoms with Gasteiger partial charge < -0.3 is 15.3 Å². The van der Waals surface area contributed by atoms with E-state index in [1.54, 1.807) is 25.1 Å². The van der Waals surface area contributed by atoms with Crippen LogP contribution >= 0.6 is 0 Å². The summed E-state index contributed by atoms with van der Waals surface area (Å²) in [6.07, 6.45) is 3.45. The fourth-order valence-electron chi connectivity index (χ4n) is 1.44. The zero-order valence-corrected chi connectivity index (χ0v) is 12.6. The Kier molecular flexibility index (Phi) is 9.54. The van der Waals surface area contributed by atoms with Crippen LogP contribution in [0.4, 0.5) is 11.4 Å². The molecule has 0 saturated heterocycles. The van der Waals surface area contributed by atoms with Crippen LogP contribution < -0.4 is 0 Å². The van der Waals surface area contributed by atoms with Crippen molar-refractivity contribution in [2.75, 3.05) is 19.8 Å². The number of aliphatic hydroxyl groups is 3. The highest BCUT2D eigenvalue weighted by atomic mass is 16.3. The maximum Gasteiger partial charge on any atom is 0.240 e. The van der Waals surface area contributed by atoms with Crippen molar-refractivity contribution in [2.24, 2.45) is 15.4 Å². The van der Waals surface area contributed by atoms with Crippen LogP contribution in [0, 0.1) is 12.3 Å². The summed E-state index contributed by atoms with van der Waals surface area (Å²) in [6, 6.07) is 4.94. The summed E-state index contributed by atoms with van der Waals surface area (Å²) in [5.41, 5.74) is 0.923. The third-order valence-electron chi connectivity index (χ3n) is 3.37. The number of hydrogen-bond donors (Lipinski definition) is 3. The predicted molar refractivity (Wildman–Crippen MR) is 80.7 cm³/mol. The minimum absolute atomic E-state index is 0.156. The average Bonchev–Trinajstić information content (AvgIpc) is 2.55. The van der Waals surface area contributed by atoms with Gasteiger partial charge in [0.05, 0.1) is 31.2 Å². The summed E-state index contributed by atoms with van der Waals surface area (Å²) >= 11 is 0. The monoisotopic (exact) mass is 308 g/mol. The van der Waals surface area contributed by atoms with Gasteiger partial charge in [0.1, 0.15) is 0 Å². The minimum Gasteiger partial charge on any atom is -0.396 e. The fourth-order valence-corrected chi connectivity index (χ4v) is 1.44. The summed E-state index contributed by atoms with van der Waals surface area (Å²) in [5, 5.41) is 26.0. The molecule has 0 aliphatic carbocycles. The lowest BCUT2D eigenvalue weighted by atomic mass is 9.88. The van der Waals surface area contributed by atoms with Gasteiger partial charge in [-0.05, 0) is 25.5 Å². The average molecular weight is 308 g/mol. The molecule has 120 valence electrons. The van der Waals surface area contributed by atoms with Crippen LogP contribution in [0.15, 0.2) is 28.2 Å². The van der Waals surface area contributed by atoms with Crippen molar-refractivity contribution in [3.05, 3.63) is 23.8 Å². The number of carbonyl (C=O) groups excluding carboxylic acids is 2. The zero-order chi connectivity index (χ0) is 17.0. The van der Waals surface area contributed by atoms with Gasteiger partial charge in [-0.25, -0.2) is 9.59 Å². The van der Waals surface area contributed by atoms with Gasteiger partial charge in [0.15, 0.2) is 0 Å². The van der Waals surface area contributed by atoms with Crippen molar-refractivity contribution >= 4 is 23.5 Å². The van der Waals surface area contributed by atoms with Crippen LogP contribution in [-0.4, -0.2) is 47.3 Å². The Bertz CT molecular complexity index is 503. The van der Waals surface area contributed by atoms with E-state index in [1.165, 1.54) is 12.2 Å². The summed E-state index contributed by atoms with van der Waals surface area (Å²) in [6.45, 7) is 3.07. The second-order valence-electron chi connectivity index (χ2n) is 4.66. The van der Waals surface area contributed by atoms with E-state index in [2.05, 4.69) is 9.98 Å². The maximum absolute atomic E-state index is 10.00. The van der Waals surface area contributed by atoms with E-state index in [0.717, 1.165) is 0 Å². The second kappa shape index (κ2) is 10.6. The smallest absolute Gasteiger partial charge is 0.240 e. The Morgan fingerprint density at radius 1 is 1.00 bits per heavy atom. The quantitative estimate of drug-likeness (QED) is 0.540. The molecule has 0 spiro atoms. The van der Waals surface area contributed by atoms with Gasteiger partial charge >= 0.3 is 0 Å². The maximum atomic E-state index is 10.00.